The number of aromatic nitrogens is 1. The minimum absolute atomic E-state index is 0.0285. The van der Waals surface area contributed by atoms with Gasteiger partial charge in [0.1, 0.15) is 0 Å². The molecule has 88 valence electrons. The number of aryl methyl sites for hydroxylation is 1. The van der Waals surface area contributed by atoms with Gasteiger partial charge in [0.05, 0.1) is 5.56 Å². The highest BCUT2D eigenvalue weighted by Crippen LogP contribution is 2.05. The zero-order valence-electron chi connectivity index (χ0n) is 9.99. The summed E-state index contributed by atoms with van der Waals surface area (Å²) < 4.78 is 0. The minimum atomic E-state index is -0.0285. The molecule has 0 bridgehead atoms. The van der Waals surface area contributed by atoms with Gasteiger partial charge in [0.15, 0.2) is 0 Å². The van der Waals surface area contributed by atoms with Crippen molar-refractivity contribution in [2.45, 2.75) is 26.3 Å². The van der Waals surface area contributed by atoms with Crippen molar-refractivity contribution in [2.24, 2.45) is 0 Å². The van der Waals surface area contributed by atoms with Crippen LogP contribution in [0, 0.1) is 6.92 Å². The van der Waals surface area contributed by atoms with Gasteiger partial charge in [-0.3, -0.25) is 9.78 Å². The highest BCUT2D eigenvalue weighted by atomic mass is 32.2. The van der Waals surface area contributed by atoms with Gasteiger partial charge in [0.25, 0.3) is 5.91 Å². The van der Waals surface area contributed by atoms with Crippen LogP contribution in [0.5, 0.6) is 0 Å². The van der Waals surface area contributed by atoms with Crippen LogP contribution in [0.15, 0.2) is 18.3 Å². The van der Waals surface area contributed by atoms with Crippen LogP contribution in [0.2, 0.25) is 0 Å². The lowest BCUT2D eigenvalue weighted by atomic mass is 10.1. The normalized spacial score (nSPS) is 12.2. The SMILES string of the molecule is CSCCC(C)NC(=O)c1cccnc1C. The molecule has 1 amide bonds. The lowest BCUT2D eigenvalue weighted by molar-refractivity contribution is 0.0938. The maximum Gasteiger partial charge on any atom is 0.253 e. The number of amides is 1. The predicted molar refractivity (Wildman–Crippen MR) is 68.9 cm³/mol. The number of thioether (sulfide) groups is 1. The zero-order chi connectivity index (χ0) is 12.0. The molecule has 1 unspecified atom stereocenters. The molecule has 1 aromatic heterocycles. The summed E-state index contributed by atoms with van der Waals surface area (Å²) in [6.45, 7) is 3.88. The number of hydrogen-bond donors (Lipinski definition) is 1. The van der Waals surface area contributed by atoms with Crippen LogP contribution in [0.25, 0.3) is 0 Å². The molecule has 1 rings (SSSR count). The molecule has 1 heterocycles. The van der Waals surface area contributed by atoms with Crippen molar-refractivity contribution in [3.63, 3.8) is 0 Å². The van der Waals surface area contributed by atoms with E-state index in [-0.39, 0.29) is 11.9 Å². The summed E-state index contributed by atoms with van der Waals surface area (Å²) in [5.74, 6) is 1.03. The lowest BCUT2D eigenvalue weighted by Gasteiger charge is -2.13. The fourth-order valence-electron chi connectivity index (χ4n) is 1.39. The summed E-state index contributed by atoms with van der Waals surface area (Å²) in [6.07, 6.45) is 4.76. The summed E-state index contributed by atoms with van der Waals surface area (Å²) in [7, 11) is 0. The number of pyridine rings is 1. The molecule has 16 heavy (non-hydrogen) atoms. The fraction of sp³-hybridized carbons (Fsp3) is 0.500. The van der Waals surface area contributed by atoms with E-state index in [0.29, 0.717) is 5.56 Å². The molecule has 0 aliphatic carbocycles. The molecule has 1 aromatic rings. The summed E-state index contributed by atoms with van der Waals surface area (Å²) in [5.41, 5.74) is 1.44. The van der Waals surface area contributed by atoms with Crippen molar-refractivity contribution < 1.29 is 4.79 Å². The molecule has 0 aliphatic heterocycles. The van der Waals surface area contributed by atoms with Gasteiger partial charge in [-0.15, -0.1) is 0 Å². The van der Waals surface area contributed by atoms with E-state index in [2.05, 4.69) is 16.6 Å². The Kier molecular flexibility index (Phi) is 5.32. The van der Waals surface area contributed by atoms with Gasteiger partial charge in [0.2, 0.25) is 0 Å². The second kappa shape index (κ2) is 6.53. The molecule has 0 aromatic carbocycles. The Hall–Kier alpha value is -1.03. The Bertz CT molecular complexity index is 355. The van der Waals surface area contributed by atoms with Gasteiger partial charge in [-0.2, -0.15) is 11.8 Å². The molecule has 0 saturated heterocycles. The average molecular weight is 238 g/mol. The van der Waals surface area contributed by atoms with E-state index in [0.717, 1.165) is 17.9 Å². The Balaban J connectivity index is 2.56. The van der Waals surface area contributed by atoms with E-state index in [9.17, 15) is 4.79 Å². The number of nitrogens with zero attached hydrogens (tertiary/aromatic N) is 1. The second-order valence-corrected chi connectivity index (χ2v) is 4.78. The molecule has 0 radical (unpaired) electrons. The largest absolute Gasteiger partial charge is 0.349 e. The monoisotopic (exact) mass is 238 g/mol. The minimum Gasteiger partial charge on any atom is -0.349 e. The molecule has 1 atom stereocenters. The van der Waals surface area contributed by atoms with Gasteiger partial charge in [-0.1, -0.05) is 0 Å². The van der Waals surface area contributed by atoms with Crippen molar-refractivity contribution in [3.8, 4) is 0 Å². The first-order valence-electron chi connectivity index (χ1n) is 5.36. The number of carbonyl (C=O) groups excluding carboxylic acids is 1. The smallest absolute Gasteiger partial charge is 0.253 e. The number of carbonyl (C=O) groups is 1. The average Bonchev–Trinajstić information content (AvgIpc) is 2.26. The fourth-order valence-corrected chi connectivity index (χ4v) is 1.98. The van der Waals surface area contributed by atoms with Crippen molar-refractivity contribution in [2.75, 3.05) is 12.0 Å². The van der Waals surface area contributed by atoms with Gasteiger partial charge in [-0.05, 0) is 44.4 Å². The predicted octanol–water partition coefficient (Wildman–Crippen LogP) is 2.26. The van der Waals surface area contributed by atoms with E-state index in [1.807, 2.05) is 13.8 Å². The third-order valence-corrected chi connectivity index (χ3v) is 3.03. The van der Waals surface area contributed by atoms with Gasteiger partial charge in [-0.25, -0.2) is 0 Å². The van der Waals surface area contributed by atoms with Crippen molar-refractivity contribution >= 4 is 17.7 Å². The third-order valence-electron chi connectivity index (χ3n) is 2.38. The van der Waals surface area contributed by atoms with Gasteiger partial charge in [0, 0.05) is 17.9 Å². The summed E-state index contributed by atoms with van der Waals surface area (Å²) in [6, 6.07) is 3.80. The van der Waals surface area contributed by atoms with Crippen molar-refractivity contribution in [3.05, 3.63) is 29.6 Å². The van der Waals surface area contributed by atoms with E-state index < -0.39 is 0 Å². The third kappa shape index (κ3) is 3.85. The second-order valence-electron chi connectivity index (χ2n) is 3.79. The molecule has 1 N–H and O–H groups in total. The summed E-state index contributed by atoms with van der Waals surface area (Å²) >= 11 is 1.79. The Labute approximate surface area is 101 Å². The molecular weight excluding hydrogens is 220 g/mol. The molecule has 3 nitrogen and oxygen atoms in total. The topological polar surface area (TPSA) is 42.0 Å². The maximum absolute atomic E-state index is 11.9. The Morgan fingerprint density at radius 3 is 3.00 bits per heavy atom. The van der Waals surface area contributed by atoms with Crippen LogP contribution >= 0.6 is 11.8 Å². The Morgan fingerprint density at radius 2 is 2.38 bits per heavy atom. The van der Waals surface area contributed by atoms with Crippen molar-refractivity contribution in [1.82, 2.24) is 10.3 Å². The summed E-state index contributed by atoms with van der Waals surface area (Å²) in [5, 5.41) is 2.98. The first kappa shape index (κ1) is 13.0. The van der Waals surface area contributed by atoms with Crippen LogP contribution < -0.4 is 5.32 Å². The number of hydrogen-bond acceptors (Lipinski definition) is 3. The molecule has 4 heteroatoms. The summed E-state index contributed by atoms with van der Waals surface area (Å²) in [4.78, 5) is 16.0. The standard InChI is InChI=1S/C12H18N2OS/c1-9(6-8-16-3)14-12(15)11-5-4-7-13-10(11)2/h4-5,7,9H,6,8H2,1-3H3,(H,14,15). The van der Waals surface area contributed by atoms with Crippen LogP contribution in [0.3, 0.4) is 0 Å². The zero-order valence-corrected chi connectivity index (χ0v) is 10.8. The number of rotatable bonds is 5. The van der Waals surface area contributed by atoms with Crippen LogP contribution in [-0.2, 0) is 0 Å². The van der Waals surface area contributed by atoms with E-state index in [4.69, 9.17) is 0 Å². The van der Waals surface area contributed by atoms with Crippen LogP contribution in [0.1, 0.15) is 29.4 Å². The van der Waals surface area contributed by atoms with E-state index in [1.54, 1.807) is 30.1 Å². The molecule has 0 spiro atoms. The van der Waals surface area contributed by atoms with Crippen LogP contribution in [0.4, 0.5) is 0 Å². The lowest BCUT2D eigenvalue weighted by Crippen LogP contribution is -2.33. The highest BCUT2D eigenvalue weighted by molar-refractivity contribution is 7.98. The number of nitrogens with one attached hydrogen (secondary N) is 1. The molecule has 0 saturated carbocycles. The van der Waals surface area contributed by atoms with Gasteiger partial charge >= 0.3 is 0 Å². The molecule has 0 aliphatic rings. The van der Waals surface area contributed by atoms with Crippen molar-refractivity contribution in [1.29, 1.82) is 0 Å². The quantitative estimate of drug-likeness (QED) is 0.855. The van der Waals surface area contributed by atoms with Crippen LogP contribution in [-0.4, -0.2) is 28.9 Å². The Morgan fingerprint density at radius 1 is 1.62 bits per heavy atom. The highest BCUT2D eigenvalue weighted by Gasteiger charge is 2.11. The first-order chi connectivity index (χ1) is 7.65. The van der Waals surface area contributed by atoms with E-state index in [1.165, 1.54) is 0 Å². The van der Waals surface area contributed by atoms with Gasteiger partial charge < -0.3 is 5.32 Å². The molecule has 0 fully saturated rings. The first-order valence-corrected chi connectivity index (χ1v) is 6.76. The maximum atomic E-state index is 11.9. The molecular formula is C12H18N2OS. The van der Waals surface area contributed by atoms with E-state index >= 15 is 0 Å².